The quantitative estimate of drug-likeness (QED) is 0.269. The molecule has 0 unspecified atom stereocenters. The van der Waals surface area contributed by atoms with Crippen molar-refractivity contribution >= 4 is 44.5 Å². The molecule has 2 N–H and O–H groups in total. The largest absolute Gasteiger partial charge is 0.456 e. The number of ether oxygens (including phenoxy) is 1. The Morgan fingerprint density at radius 2 is 1.58 bits per heavy atom. The zero-order valence-corrected chi connectivity index (χ0v) is 19.2. The molecule has 4 rings (SSSR count). The molecule has 1 atom stereocenters. The second kappa shape index (κ2) is 10.3. The molecule has 166 valence electrons. The summed E-state index contributed by atoms with van der Waals surface area (Å²) in [6.45, 7) is -0.401. The summed E-state index contributed by atoms with van der Waals surface area (Å²) in [5, 5.41) is 3.72. The Labute approximate surface area is 199 Å². The number of aromatic nitrogens is 1. The van der Waals surface area contributed by atoms with E-state index in [4.69, 9.17) is 4.74 Å². The van der Waals surface area contributed by atoms with Crippen molar-refractivity contribution in [3.05, 3.63) is 106 Å². The molecule has 0 spiro atoms. The second-order valence-corrected chi connectivity index (χ2v) is 8.41. The summed E-state index contributed by atoms with van der Waals surface area (Å²) >= 11 is 3.34. The van der Waals surface area contributed by atoms with Crippen LogP contribution in [-0.2, 0) is 16.0 Å². The number of hydrogen-bond acceptors (Lipinski definition) is 4. The van der Waals surface area contributed by atoms with Crippen LogP contribution in [0.3, 0.4) is 0 Å². The number of Topliss-reactive ketones (excluding diaryl/α,β-unsaturated/α-hetero) is 1. The van der Waals surface area contributed by atoms with Gasteiger partial charge in [-0.2, -0.15) is 0 Å². The Morgan fingerprint density at radius 3 is 2.33 bits per heavy atom. The molecule has 0 radical (unpaired) electrons. The number of para-hydroxylation sites is 1. The molecule has 0 saturated heterocycles. The highest BCUT2D eigenvalue weighted by molar-refractivity contribution is 9.10. The normalized spacial score (nSPS) is 11.7. The monoisotopic (exact) mass is 504 g/mol. The minimum absolute atomic E-state index is 0.213. The van der Waals surface area contributed by atoms with Gasteiger partial charge in [-0.25, -0.2) is 4.79 Å². The maximum absolute atomic E-state index is 13.0. The average Bonchev–Trinajstić information content (AvgIpc) is 3.25. The topological polar surface area (TPSA) is 88.3 Å². The van der Waals surface area contributed by atoms with Gasteiger partial charge >= 0.3 is 5.97 Å². The summed E-state index contributed by atoms with van der Waals surface area (Å²) in [7, 11) is 0. The Balaban J connectivity index is 1.52. The van der Waals surface area contributed by atoms with Crippen molar-refractivity contribution in [1.29, 1.82) is 0 Å². The first kappa shape index (κ1) is 22.5. The van der Waals surface area contributed by atoms with E-state index in [2.05, 4.69) is 26.2 Å². The van der Waals surface area contributed by atoms with Gasteiger partial charge in [0.25, 0.3) is 5.91 Å². The van der Waals surface area contributed by atoms with Gasteiger partial charge in [0.05, 0.1) is 0 Å². The number of carbonyl (C=O) groups excluding carboxylic acids is 3. The summed E-state index contributed by atoms with van der Waals surface area (Å²) in [6, 6.07) is 22.2. The third-order valence-corrected chi connectivity index (χ3v) is 5.77. The number of halogens is 1. The van der Waals surface area contributed by atoms with Crippen LogP contribution < -0.4 is 5.32 Å². The van der Waals surface area contributed by atoms with Crippen LogP contribution in [0.2, 0.25) is 0 Å². The standard InChI is InChI=1S/C26H21BrN2O4/c27-20-12-10-18(11-13-20)25(31)29-23(14-19-15-28-22-9-5-4-8-21(19)22)26(32)33-16-24(30)17-6-2-1-3-7-17/h1-13,15,23,28H,14,16H2,(H,29,31)/t23-/m0/s1. The number of nitrogens with one attached hydrogen (secondary N) is 2. The number of hydrogen-bond donors (Lipinski definition) is 2. The molecule has 33 heavy (non-hydrogen) atoms. The molecule has 7 heteroatoms. The van der Waals surface area contributed by atoms with Gasteiger partial charge in [-0.3, -0.25) is 9.59 Å². The zero-order chi connectivity index (χ0) is 23.2. The van der Waals surface area contributed by atoms with E-state index in [1.807, 2.05) is 30.5 Å². The van der Waals surface area contributed by atoms with Crippen LogP contribution in [0.25, 0.3) is 10.9 Å². The summed E-state index contributed by atoms with van der Waals surface area (Å²) in [4.78, 5) is 41.3. The van der Waals surface area contributed by atoms with Gasteiger partial charge in [0.1, 0.15) is 6.04 Å². The molecule has 4 aromatic rings. The van der Waals surface area contributed by atoms with Gasteiger partial charge in [0.15, 0.2) is 12.4 Å². The van der Waals surface area contributed by atoms with Crippen LogP contribution in [0.4, 0.5) is 0 Å². The molecule has 1 amide bonds. The molecule has 0 saturated carbocycles. The van der Waals surface area contributed by atoms with E-state index in [0.717, 1.165) is 20.9 Å². The summed E-state index contributed by atoms with van der Waals surface area (Å²) in [6.07, 6.45) is 2.02. The maximum atomic E-state index is 13.0. The molecule has 0 aliphatic rings. The van der Waals surface area contributed by atoms with E-state index in [1.165, 1.54) is 0 Å². The van der Waals surface area contributed by atoms with Crippen molar-refractivity contribution in [2.75, 3.05) is 6.61 Å². The van der Waals surface area contributed by atoms with Gasteiger partial charge in [-0.15, -0.1) is 0 Å². The highest BCUT2D eigenvalue weighted by Crippen LogP contribution is 2.20. The summed E-state index contributed by atoms with van der Waals surface area (Å²) in [5.74, 6) is -1.39. The third-order valence-electron chi connectivity index (χ3n) is 5.24. The van der Waals surface area contributed by atoms with Crippen LogP contribution in [-0.4, -0.2) is 35.3 Å². The molecule has 6 nitrogen and oxygen atoms in total. The fraction of sp³-hybridized carbons (Fsp3) is 0.115. The Morgan fingerprint density at radius 1 is 0.879 bits per heavy atom. The first-order valence-corrected chi connectivity index (χ1v) is 11.2. The van der Waals surface area contributed by atoms with E-state index < -0.39 is 24.5 Å². The molecular weight excluding hydrogens is 484 g/mol. The number of esters is 1. The number of ketones is 1. The van der Waals surface area contributed by atoms with Gasteiger partial charge in [-0.05, 0) is 35.9 Å². The number of aromatic amines is 1. The van der Waals surface area contributed by atoms with Crippen molar-refractivity contribution < 1.29 is 19.1 Å². The third kappa shape index (κ3) is 5.56. The molecule has 0 aliphatic carbocycles. The Kier molecular flexibility index (Phi) is 7.00. The molecule has 3 aromatic carbocycles. The van der Waals surface area contributed by atoms with E-state index in [0.29, 0.717) is 11.1 Å². The predicted octanol–water partition coefficient (Wildman–Crippen LogP) is 4.70. The van der Waals surface area contributed by atoms with Crippen LogP contribution >= 0.6 is 15.9 Å². The molecule has 1 heterocycles. The lowest BCUT2D eigenvalue weighted by molar-refractivity contribution is -0.144. The van der Waals surface area contributed by atoms with Gasteiger partial charge < -0.3 is 15.0 Å². The predicted molar refractivity (Wildman–Crippen MR) is 129 cm³/mol. The average molecular weight is 505 g/mol. The number of fused-ring (bicyclic) bond motifs is 1. The number of carbonyl (C=O) groups is 3. The van der Waals surface area contributed by atoms with E-state index in [-0.39, 0.29) is 12.2 Å². The molecule has 0 bridgehead atoms. The highest BCUT2D eigenvalue weighted by atomic mass is 79.9. The fourth-order valence-electron chi connectivity index (χ4n) is 3.50. The number of amides is 1. The molecule has 0 fully saturated rings. The second-order valence-electron chi connectivity index (χ2n) is 7.49. The maximum Gasteiger partial charge on any atom is 0.329 e. The minimum Gasteiger partial charge on any atom is -0.456 e. The summed E-state index contributed by atoms with van der Waals surface area (Å²) in [5.41, 5.74) is 2.66. The van der Waals surface area contributed by atoms with Crippen molar-refractivity contribution in [3.63, 3.8) is 0 Å². The van der Waals surface area contributed by atoms with Gasteiger partial charge in [-0.1, -0.05) is 64.5 Å². The molecule has 0 aliphatic heterocycles. The number of H-pyrrole nitrogens is 1. The van der Waals surface area contributed by atoms with Crippen LogP contribution in [0, 0.1) is 0 Å². The van der Waals surface area contributed by atoms with Crippen molar-refractivity contribution in [3.8, 4) is 0 Å². The van der Waals surface area contributed by atoms with Crippen molar-refractivity contribution in [1.82, 2.24) is 10.3 Å². The van der Waals surface area contributed by atoms with E-state index in [1.54, 1.807) is 54.6 Å². The smallest absolute Gasteiger partial charge is 0.329 e. The lowest BCUT2D eigenvalue weighted by Gasteiger charge is -2.17. The highest BCUT2D eigenvalue weighted by Gasteiger charge is 2.25. The first-order chi connectivity index (χ1) is 16.0. The lowest BCUT2D eigenvalue weighted by Crippen LogP contribution is -2.43. The van der Waals surface area contributed by atoms with E-state index in [9.17, 15) is 14.4 Å². The molecular formula is C26H21BrN2O4. The Bertz CT molecular complexity index is 1280. The lowest BCUT2D eigenvalue weighted by atomic mass is 10.0. The SMILES string of the molecule is O=C(COC(=O)[C@H](Cc1c[nH]c2ccccc12)NC(=O)c1ccc(Br)cc1)c1ccccc1. The first-order valence-electron chi connectivity index (χ1n) is 10.4. The van der Waals surface area contributed by atoms with Gasteiger partial charge in [0, 0.05) is 39.1 Å². The van der Waals surface area contributed by atoms with Crippen molar-refractivity contribution in [2.24, 2.45) is 0 Å². The van der Waals surface area contributed by atoms with Crippen LogP contribution in [0.5, 0.6) is 0 Å². The fourth-order valence-corrected chi connectivity index (χ4v) is 3.77. The zero-order valence-electron chi connectivity index (χ0n) is 17.6. The van der Waals surface area contributed by atoms with Crippen molar-refractivity contribution in [2.45, 2.75) is 12.5 Å². The van der Waals surface area contributed by atoms with E-state index >= 15 is 0 Å². The molecule has 1 aromatic heterocycles. The van der Waals surface area contributed by atoms with Crippen LogP contribution in [0.15, 0.2) is 89.5 Å². The minimum atomic E-state index is -0.969. The number of rotatable bonds is 8. The Hall–Kier alpha value is -3.71. The van der Waals surface area contributed by atoms with Gasteiger partial charge in [0.2, 0.25) is 0 Å². The van der Waals surface area contributed by atoms with Crippen LogP contribution in [0.1, 0.15) is 26.3 Å². The number of benzene rings is 3. The summed E-state index contributed by atoms with van der Waals surface area (Å²) < 4.78 is 6.16.